The lowest BCUT2D eigenvalue weighted by atomic mass is 10.1. The van der Waals surface area contributed by atoms with Gasteiger partial charge < -0.3 is 14.9 Å². The van der Waals surface area contributed by atoms with Crippen molar-refractivity contribution in [1.82, 2.24) is 4.72 Å². The third-order valence-corrected chi connectivity index (χ3v) is 5.56. The Morgan fingerprint density at radius 2 is 1.68 bits per heavy atom. The summed E-state index contributed by atoms with van der Waals surface area (Å²) in [5, 5.41) is 21.2. The van der Waals surface area contributed by atoms with Crippen LogP contribution >= 0.6 is 0 Å². The highest BCUT2D eigenvalue weighted by atomic mass is 32.2. The number of benzene rings is 3. The van der Waals surface area contributed by atoms with Crippen molar-refractivity contribution in [2.45, 2.75) is 11.0 Å². The SMILES string of the molecule is O=C(O)c1ccccc1S(=O)(=O)NCC(O)COc1ccc2ccccc2c1. The maximum absolute atomic E-state index is 12.4. The highest BCUT2D eigenvalue weighted by Gasteiger charge is 2.22. The zero-order valence-corrected chi connectivity index (χ0v) is 15.6. The van der Waals surface area contributed by atoms with Gasteiger partial charge in [-0.25, -0.2) is 17.9 Å². The van der Waals surface area contributed by atoms with E-state index < -0.39 is 22.1 Å². The Labute approximate surface area is 162 Å². The maximum atomic E-state index is 12.4. The van der Waals surface area contributed by atoms with Crippen LogP contribution in [0.15, 0.2) is 71.6 Å². The van der Waals surface area contributed by atoms with Crippen LogP contribution in [-0.2, 0) is 10.0 Å². The summed E-state index contributed by atoms with van der Waals surface area (Å²) >= 11 is 0. The van der Waals surface area contributed by atoms with Gasteiger partial charge in [-0.05, 0) is 35.0 Å². The van der Waals surface area contributed by atoms with E-state index in [2.05, 4.69) is 4.72 Å². The highest BCUT2D eigenvalue weighted by molar-refractivity contribution is 7.89. The summed E-state index contributed by atoms with van der Waals surface area (Å²) < 4.78 is 32.5. The minimum atomic E-state index is -4.09. The molecule has 0 saturated carbocycles. The van der Waals surface area contributed by atoms with Crippen molar-refractivity contribution >= 4 is 26.8 Å². The van der Waals surface area contributed by atoms with Gasteiger partial charge in [0.1, 0.15) is 18.5 Å². The number of fused-ring (bicyclic) bond motifs is 1. The molecule has 0 saturated heterocycles. The standard InChI is InChI=1S/C20H19NO6S/c22-16(13-27-17-10-9-14-5-1-2-6-15(14)11-17)12-21-28(25,26)19-8-4-3-7-18(19)20(23)24/h1-11,16,21-22H,12-13H2,(H,23,24). The molecule has 146 valence electrons. The quantitative estimate of drug-likeness (QED) is 0.534. The fourth-order valence-electron chi connectivity index (χ4n) is 2.67. The molecule has 3 aromatic carbocycles. The molecule has 0 aliphatic rings. The van der Waals surface area contributed by atoms with Gasteiger partial charge in [0.25, 0.3) is 0 Å². The number of ether oxygens (including phenoxy) is 1. The molecule has 3 rings (SSSR count). The van der Waals surface area contributed by atoms with E-state index in [1.54, 1.807) is 6.07 Å². The molecule has 3 aromatic rings. The topological polar surface area (TPSA) is 113 Å². The normalized spacial score (nSPS) is 12.6. The lowest BCUT2D eigenvalue weighted by Gasteiger charge is -2.14. The van der Waals surface area contributed by atoms with E-state index >= 15 is 0 Å². The van der Waals surface area contributed by atoms with Crippen molar-refractivity contribution in [2.24, 2.45) is 0 Å². The molecule has 0 spiro atoms. The highest BCUT2D eigenvalue weighted by Crippen LogP contribution is 2.20. The van der Waals surface area contributed by atoms with E-state index in [1.165, 1.54) is 24.3 Å². The average molecular weight is 401 g/mol. The van der Waals surface area contributed by atoms with Crippen LogP contribution in [-0.4, -0.2) is 43.9 Å². The van der Waals surface area contributed by atoms with E-state index in [-0.39, 0.29) is 23.6 Å². The summed E-state index contributed by atoms with van der Waals surface area (Å²) in [5.41, 5.74) is -0.336. The molecule has 0 bridgehead atoms. The predicted octanol–water partition coefficient (Wildman–Crippen LogP) is 2.26. The van der Waals surface area contributed by atoms with Gasteiger partial charge in [0, 0.05) is 6.54 Å². The Balaban J connectivity index is 1.60. The third kappa shape index (κ3) is 4.66. The molecule has 1 unspecified atom stereocenters. The molecule has 0 heterocycles. The van der Waals surface area contributed by atoms with E-state index in [9.17, 15) is 18.3 Å². The molecule has 0 fully saturated rings. The van der Waals surface area contributed by atoms with Crippen LogP contribution in [0.4, 0.5) is 0 Å². The molecular formula is C20H19NO6S. The fourth-order valence-corrected chi connectivity index (χ4v) is 3.94. The molecule has 0 aliphatic carbocycles. The number of nitrogens with one attached hydrogen (secondary N) is 1. The number of carboxylic acids is 1. The van der Waals surface area contributed by atoms with E-state index in [4.69, 9.17) is 9.84 Å². The second kappa shape index (κ2) is 8.39. The second-order valence-electron chi connectivity index (χ2n) is 6.13. The van der Waals surface area contributed by atoms with Crippen LogP contribution in [0, 0.1) is 0 Å². The minimum absolute atomic E-state index is 0.124. The van der Waals surface area contributed by atoms with Crippen LogP contribution in [0.2, 0.25) is 0 Å². The van der Waals surface area contributed by atoms with Gasteiger partial charge in [0.05, 0.1) is 10.5 Å². The molecule has 0 amide bonds. The van der Waals surface area contributed by atoms with Crippen molar-refractivity contribution in [3.05, 3.63) is 72.3 Å². The van der Waals surface area contributed by atoms with Crippen LogP contribution in [0.5, 0.6) is 5.75 Å². The first-order chi connectivity index (χ1) is 13.4. The average Bonchev–Trinajstić information content (AvgIpc) is 2.70. The lowest BCUT2D eigenvalue weighted by Crippen LogP contribution is -2.35. The first-order valence-electron chi connectivity index (χ1n) is 8.48. The number of rotatable bonds is 8. The van der Waals surface area contributed by atoms with Crippen molar-refractivity contribution in [3.63, 3.8) is 0 Å². The Kier molecular flexibility index (Phi) is 5.93. The van der Waals surface area contributed by atoms with Gasteiger partial charge in [-0.1, -0.05) is 42.5 Å². The summed E-state index contributed by atoms with van der Waals surface area (Å²) in [6, 6.07) is 18.5. The molecule has 0 aromatic heterocycles. The van der Waals surface area contributed by atoms with Crippen LogP contribution in [0.3, 0.4) is 0 Å². The molecule has 7 nitrogen and oxygen atoms in total. The zero-order chi connectivity index (χ0) is 20.1. The Bertz CT molecular complexity index is 1100. The Morgan fingerprint density at radius 1 is 1.00 bits per heavy atom. The van der Waals surface area contributed by atoms with Gasteiger partial charge in [-0.2, -0.15) is 0 Å². The number of hydrogen-bond acceptors (Lipinski definition) is 5. The van der Waals surface area contributed by atoms with Gasteiger partial charge in [0.2, 0.25) is 10.0 Å². The molecule has 3 N–H and O–H groups in total. The largest absolute Gasteiger partial charge is 0.491 e. The van der Waals surface area contributed by atoms with E-state index in [1.807, 2.05) is 36.4 Å². The number of aromatic carboxylic acids is 1. The number of carbonyl (C=O) groups is 1. The molecule has 1 atom stereocenters. The number of carboxylic acid groups (broad SMARTS) is 1. The maximum Gasteiger partial charge on any atom is 0.337 e. The predicted molar refractivity (Wildman–Crippen MR) is 104 cm³/mol. The number of sulfonamides is 1. The minimum Gasteiger partial charge on any atom is -0.491 e. The van der Waals surface area contributed by atoms with Gasteiger partial charge in [0.15, 0.2) is 0 Å². The molecule has 0 radical (unpaired) electrons. The fraction of sp³-hybridized carbons (Fsp3) is 0.150. The van der Waals surface area contributed by atoms with Crippen molar-refractivity contribution in [2.75, 3.05) is 13.2 Å². The zero-order valence-electron chi connectivity index (χ0n) is 14.8. The van der Waals surface area contributed by atoms with E-state index in [0.717, 1.165) is 10.8 Å². The molecule has 0 aliphatic heterocycles. The molecular weight excluding hydrogens is 382 g/mol. The summed E-state index contributed by atoms with van der Waals surface area (Å²) in [6.45, 7) is -0.439. The van der Waals surface area contributed by atoms with Gasteiger partial charge in [-0.15, -0.1) is 0 Å². The first-order valence-corrected chi connectivity index (χ1v) is 9.97. The molecule has 8 heteroatoms. The second-order valence-corrected chi connectivity index (χ2v) is 7.86. The van der Waals surface area contributed by atoms with E-state index in [0.29, 0.717) is 5.75 Å². The summed E-state index contributed by atoms with van der Waals surface area (Å²) in [7, 11) is -4.09. The van der Waals surface area contributed by atoms with Crippen LogP contribution in [0.25, 0.3) is 10.8 Å². The van der Waals surface area contributed by atoms with Crippen molar-refractivity contribution in [3.8, 4) is 5.75 Å². The monoisotopic (exact) mass is 401 g/mol. The Morgan fingerprint density at radius 3 is 2.43 bits per heavy atom. The number of hydrogen-bond donors (Lipinski definition) is 3. The van der Waals surface area contributed by atoms with Crippen LogP contribution in [0.1, 0.15) is 10.4 Å². The molecule has 28 heavy (non-hydrogen) atoms. The smallest absolute Gasteiger partial charge is 0.337 e. The summed E-state index contributed by atoms with van der Waals surface area (Å²) in [5.74, 6) is -0.794. The first kappa shape index (κ1) is 19.8. The van der Waals surface area contributed by atoms with Crippen molar-refractivity contribution < 1.29 is 28.2 Å². The lowest BCUT2D eigenvalue weighted by molar-refractivity contribution is 0.0692. The number of aliphatic hydroxyl groups excluding tert-OH is 1. The van der Waals surface area contributed by atoms with Gasteiger partial charge >= 0.3 is 5.97 Å². The van der Waals surface area contributed by atoms with Crippen molar-refractivity contribution in [1.29, 1.82) is 0 Å². The third-order valence-electron chi connectivity index (χ3n) is 4.08. The number of aliphatic hydroxyl groups is 1. The Hall–Kier alpha value is -2.94. The van der Waals surface area contributed by atoms with Gasteiger partial charge in [-0.3, -0.25) is 0 Å². The van der Waals surface area contributed by atoms with Crippen LogP contribution < -0.4 is 9.46 Å². The summed E-state index contributed by atoms with van der Waals surface area (Å²) in [6.07, 6.45) is -1.11. The summed E-state index contributed by atoms with van der Waals surface area (Å²) in [4.78, 5) is 10.8.